The van der Waals surface area contributed by atoms with E-state index in [9.17, 15) is 22.0 Å². The molecule has 0 radical (unpaired) electrons. The second-order valence-electron chi connectivity index (χ2n) is 11.0. The predicted molar refractivity (Wildman–Crippen MR) is 164 cm³/mol. The predicted octanol–water partition coefficient (Wildman–Crippen LogP) is 6.66. The van der Waals surface area contributed by atoms with Crippen LogP contribution in [0, 0.1) is 5.92 Å². The van der Waals surface area contributed by atoms with Crippen LogP contribution >= 0.6 is 0 Å². The first-order chi connectivity index (χ1) is 19.4. The SMILES string of the molecule is CCC(C)(c1cc(-c2cccc(C(C)N(C(=O)C3CC3)c3ccc(S(C)(=O)=O)cc3)c2)c2ncccc2c1)S(=O)O. The van der Waals surface area contributed by atoms with Gasteiger partial charge in [0.25, 0.3) is 0 Å². The van der Waals surface area contributed by atoms with Gasteiger partial charge in [-0.25, -0.2) is 12.6 Å². The molecule has 1 aromatic heterocycles. The van der Waals surface area contributed by atoms with E-state index in [4.69, 9.17) is 0 Å². The van der Waals surface area contributed by atoms with Gasteiger partial charge in [0.05, 0.1) is 21.2 Å². The summed E-state index contributed by atoms with van der Waals surface area (Å²) >= 11 is -2.08. The summed E-state index contributed by atoms with van der Waals surface area (Å²) in [6.07, 6.45) is 5.07. The van der Waals surface area contributed by atoms with E-state index in [-0.39, 0.29) is 22.8 Å². The summed E-state index contributed by atoms with van der Waals surface area (Å²) in [5.74, 6) is -0.0145. The first-order valence-corrected chi connectivity index (χ1v) is 16.7. The van der Waals surface area contributed by atoms with Gasteiger partial charge in [0.15, 0.2) is 20.9 Å². The highest BCUT2D eigenvalue weighted by Gasteiger charge is 2.37. The summed E-state index contributed by atoms with van der Waals surface area (Å²) in [6, 6.07) is 21.8. The van der Waals surface area contributed by atoms with E-state index in [0.717, 1.165) is 52.3 Å². The maximum absolute atomic E-state index is 13.5. The molecule has 7 nitrogen and oxygen atoms in total. The number of amides is 1. The van der Waals surface area contributed by atoms with Crippen molar-refractivity contribution in [3.05, 3.63) is 90.1 Å². The Morgan fingerprint density at radius 2 is 1.80 bits per heavy atom. The molecule has 9 heteroatoms. The zero-order valence-corrected chi connectivity index (χ0v) is 25.2. The monoisotopic (exact) mass is 590 g/mol. The fourth-order valence-electron chi connectivity index (χ4n) is 5.18. The normalized spacial score (nSPS) is 16.6. The average Bonchev–Trinajstić information content (AvgIpc) is 3.82. The van der Waals surface area contributed by atoms with Gasteiger partial charge >= 0.3 is 0 Å². The van der Waals surface area contributed by atoms with Crippen molar-refractivity contribution in [2.45, 2.75) is 55.7 Å². The van der Waals surface area contributed by atoms with Gasteiger partial charge in [-0.2, -0.15) is 0 Å². The van der Waals surface area contributed by atoms with Crippen LogP contribution in [0.5, 0.6) is 0 Å². The lowest BCUT2D eigenvalue weighted by atomic mass is 9.90. The second-order valence-corrected chi connectivity index (χ2v) is 14.4. The van der Waals surface area contributed by atoms with Crippen molar-refractivity contribution in [3.8, 4) is 11.1 Å². The highest BCUT2D eigenvalue weighted by atomic mass is 32.2. The molecule has 0 aliphatic heterocycles. The zero-order chi connectivity index (χ0) is 29.5. The molecule has 1 saturated carbocycles. The molecule has 214 valence electrons. The van der Waals surface area contributed by atoms with E-state index < -0.39 is 25.7 Å². The Balaban J connectivity index is 1.60. The van der Waals surface area contributed by atoms with E-state index in [1.807, 2.05) is 62.4 Å². The van der Waals surface area contributed by atoms with Gasteiger partial charge in [-0.15, -0.1) is 0 Å². The van der Waals surface area contributed by atoms with Gasteiger partial charge < -0.3 is 9.45 Å². The molecule has 1 N–H and O–H groups in total. The summed E-state index contributed by atoms with van der Waals surface area (Å²) in [5, 5.41) is 0.875. The molecular weight excluding hydrogens is 556 g/mol. The van der Waals surface area contributed by atoms with Crippen molar-refractivity contribution in [1.82, 2.24) is 4.98 Å². The second kappa shape index (κ2) is 11.1. The molecule has 1 aliphatic rings. The number of benzene rings is 3. The van der Waals surface area contributed by atoms with Crippen LogP contribution in [-0.4, -0.2) is 34.3 Å². The highest BCUT2D eigenvalue weighted by Crippen LogP contribution is 2.40. The van der Waals surface area contributed by atoms with Gasteiger partial charge in [0.2, 0.25) is 5.91 Å². The summed E-state index contributed by atoms with van der Waals surface area (Å²) in [7, 11) is -3.36. The van der Waals surface area contributed by atoms with Crippen molar-refractivity contribution in [2.24, 2.45) is 5.92 Å². The quantitative estimate of drug-likeness (QED) is 0.219. The smallest absolute Gasteiger partial charge is 0.230 e. The van der Waals surface area contributed by atoms with Crippen LogP contribution in [0.4, 0.5) is 5.69 Å². The maximum Gasteiger partial charge on any atom is 0.230 e. The van der Waals surface area contributed by atoms with E-state index in [0.29, 0.717) is 12.1 Å². The minimum absolute atomic E-state index is 0.0215. The fraction of sp³-hybridized carbons (Fsp3) is 0.312. The Morgan fingerprint density at radius 3 is 2.41 bits per heavy atom. The standard InChI is InChI=1S/C32H34N2O5S2/c1-5-32(3,40(36)37)26-19-25-10-7-17-33-30(25)29(20-26)24-9-6-8-23(18-24)21(2)34(31(35)22-11-12-22)27-13-15-28(16-14-27)41(4,38)39/h6-10,13-22H,5,11-12H2,1-4H3,(H,36,37). The van der Waals surface area contributed by atoms with Gasteiger partial charge in [0.1, 0.15) is 0 Å². The number of hydrogen-bond acceptors (Lipinski definition) is 5. The molecule has 0 spiro atoms. The maximum atomic E-state index is 13.5. The van der Waals surface area contributed by atoms with Crippen molar-refractivity contribution in [1.29, 1.82) is 0 Å². The fourth-order valence-corrected chi connectivity index (χ4v) is 6.38. The molecule has 1 aliphatic carbocycles. The van der Waals surface area contributed by atoms with Crippen molar-refractivity contribution >= 4 is 43.4 Å². The third-order valence-corrected chi connectivity index (χ3v) is 10.6. The third-order valence-electron chi connectivity index (χ3n) is 8.15. The van der Waals surface area contributed by atoms with Gasteiger partial charge in [0, 0.05) is 35.0 Å². The summed E-state index contributed by atoms with van der Waals surface area (Å²) < 4.78 is 45.7. The van der Waals surface area contributed by atoms with Crippen molar-refractivity contribution in [3.63, 3.8) is 0 Å². The molecule has 41 heavy (non-hydrogen) atoms. The Kier molecular flexibility index (Phi) is 7.89. The number of aromatic nitrogens is 1. The molecule has 1 amide bonds. The van der Waals surface area contributed by atoms with E-state index in [2.05, 4.69) is 4.98 Å². The number of hydrogen-bond donors (Lipinski definition) is 1. The summed E-state index contributed by atoms with van der Waals surface area (Å²) in [5.41, 5.74) is 4.81. The molecule has 5 rings (SSSR count). The van der Waals surface area contributed by atoms with E-state index in [1.165, 1.54) is 0 Å². The van der Waals surface area contributed by atoms with E-state index in [1.54, 1.807) is 42.3 Å². The minimum atomic E-state index is -3.36. The van der Waals surface area contributed by atoms with Crippen LogP contribution in [0.1, 0.15) is 57.2 Å². The highest BCUT2D eigenvalue weighted by molar-refractivity contribution is 7.90. The number of fused-ring (bicyclic) bond motifs is 1. The van der Waals surface area contributed by atoms with E-state index >= 15 is 0 Å². The number of carbonyl (C=O) groups is 1. The van der Waals surface area contributed by atoms with Crippen molar-refractivity contribution < 1.29 is 22.0 Å². The molecule has 1 heterocycles. The molecular formula is C32H34N2O5S2. The molecule has 0 saturated heterocycles. The Morgan fingerprint density at radius 1 is 1.10 bits per heavy atom. The first kappa shape index (κ1) is 29.1. The molecule has 3 atom stereocenters. The minimum Gasteiger partial charge on any atom is -0.305 e. The van der Waals surface area contributed by atoms with Gasteiger partial charge in [-0.1, -0.05) is 31.2 Å². The van der Waals surface area contributed by atoms with Gasteiger partial charge in [-0.3, -0.25) is 9.78 Å². The Labute approximate surface area is 243 Å². The summed E-state index contributed by atoms with van der Waals surface area (Å²) in [4.78, 5) is 20.1. The number of pyridine rings is 1. The summed E-state index contributed by atoms with van der Waals surface area (Å²) in [6.45, 7) is 5.66. The molecule has 4 aromatic rings. The zero-order valence-electron chi connectivity index (χ0n) is 23.6. The third kappa shape index (κ3) is 5.71. The lowest BCUT2D eigenvalue weighted by Gasteiger charge is -2.30. The van der Waals surface area contributed by atoms with Crippen LogP contribution in [0.2, 0.25) is 0 Å². The lowest BCUT2D eigenvalue weighted by molar-refractivity contribution is -0.120. The largest absolute Gasteiger partial charge is 0.305 e. The van der Waals surface area contributed by atoms with Crippen LogP contribution in [0.25, 0.3) is 22.0 Å². The topological polar surface area (TPSA) is 105 Å². The number of rotatable bonds is 9. The van der Waals surface area contributed by atoms with Crippen molar-refractivity contribution in [2.75, 3.05) is 11.2 Å². The molecule has 3 aromatic carbocycles. The van der Waals surface area contributed by atoms with Crippen LogP contribution in [-0.2, 0) is 30.5 Å². The Hall–Kier alpha value is -3.40. The number of carbonyl (C=O) groups excluding carboxylic acids is 1. The molecule has 1 fully saturated rings. The van der Waals surface area contributed by atoms with Crippen LogP contribution in [0.15, 0.2) is 83.9 Å². The average molecular weight is 591 g/mol. The van der Waals surface area contributed by atoms with Gasteiger partial charge in [-0.05, 0) is 98.3 Å². The molecule has 3 unspecified atom stereocenters. The molecule has 0 bridgehead atoms. The number of anilines is 1. The van der Waals surface area contributed by atoms with Crippen LogP contribution < -0.4 is 4.90 Å². The number of nitrogens with zero attached hydrogens (tertiary/aromatic N) is 2. The lowest BCUT2D eigenvalue weighted by Crippen LogP contribution is -2.34. The first-order valence-electron chi connectivity index (χ1n) is 13.7. The Bertz CT molecular complexity index is 1750. The van der Waals surface area contributed by atoms with Crippen LogP contribution in [0.3, 0.4) is 0 Å². The number of sulfone groups is 1.